The number of amides is 2. The third-order valence-electron chi connectivity index (χ3n) is 5.24. The van der Waals surface area contributed by atoms with Crippen LogP contribution in [-0.4, -0.2) is 22.6 Å². The Hall–Kier alpha value is -3.59. The summed E-state index contributed by atoms with van der Waals surface area (Å²) in [4.78, 5) is 24.1. The summed E-state index contributed by atoms with van der Waals surface area (Å²) in [6.07, 6.45) is -3.30. The van der Waals surface area contributed by atoms with Crippen molar-refractivity contribution in [3.63, 3.8) is 0 Å². The van der Waals surface area contributed by atoms with E-state index >= 15 is 0 Å². The quantitative estimate of drug-likeness (QED) is 0.289. The van der Waals surface area contributed by atoms with Gasteiger partial charge >= 0.3 is 18.0 Å². The molecule has 2 aromatic carbocycles. The molecule has 10 heteroatoms. The molecule has 0 spiro atoms. The smallest absolute Gasteiger partial charge is 0.318 e. The van der Waals surface area contributed by atoms with E-state index in [1.54, 1.807) is 0 Å². The number of alkyl halides is 3. The fourth-order valence-corrected chi connectivity index (χ4v) is 3.86. The SMILES string of the molecule is Cc1cccc(C)c1-n1c(C)cc(/C=N\NC(=O)C(=O)Nc2ccc(Cl)c(C(F)(F)F)c2)c1C. The first kappa shape index (κ1) is 25.0. The van der Waals surface area contributed by atoms with Gasteiger partial charge in [0.15, 0.2) is 0 Å². The van der Waals surface area contributed by atoms with Crippen LogP contribution in [0, 0.1) is 27.7 Å². The predicted octanol–water partition coefficient (Wildman–Crippen LogP) is 5.47. The Bertz CT molecular complexity index is 1280. The van der Waals surface area contributed by atoms with Crippen molar-refractivity contribution in [1.82, 2.24) is 9.99 Å². The zero-order valence-electron chi connectivity index (χ0n) is 18.8. The molecule has 0 unspecified atom stereocenters. The van der Waals surface area contributed by atoms with Gasteiger partial charge in [-0.25, -0.2) is 5.43 Å². The summed E-state index contributed by atoms with van der Waals surface area (Å²) < 4.78 is 41.0. The van der Waals surface area contributed by atoms with Gasteiger partial charge in [-0.15, -0.1) is 0 Å². The number of carbonyl (C=O) groups excluding carboxylic acids is 2. The summed E-state index contributed by atoms with van der Waals surface area (Å²) in [6.45, 7) is 7.90. The number of hydrazone groups is 1. The lowest BCUT2D eigenvalue weighted by molar-refractivity contribution is -0.137. The number of para-hydroxylation sites is 1. The van der Waals surface area contributed by atoms with Gasteiger partial charge in [0.05, 0.1) is 22.5 Å². The van der Waals surface area contributed by atoms with Crippen LogP contribution in [0.3, 0.4) is 0 Å². The fraction of sp³-hybridized carbons (Fsp3) is 0.208. The molecule has 3 rings (SSSR count). The normalized spacial score (nSPS) is 11.6. The van der Waals surface area contributed by atoms with E-state index < -0.39 is 28.6 Å². The number of carbonyl (C=O) groups is 2. The second-order valence-corrected chi connectivity index (χ2v) is 8.16. The molecule has 0 aliphatic carbocycles. The lowest BCUT2D eigenvalue weighted by Gasteiger charge is -2.15. The number of hydrogen-bond acceptors (Lipinski definition) is 3. The molecule has 34 heavy (non-hydrogen) atoms. The Morgan fingerprint density at radius 1 is 1.00 bits per heavy atom. The van der Waals surface area contributed by atoms with E-state index in [4.69, 9.17) is 11.6 Å². The lowest BCUT2D eigenvalue weighted by atomic mass is 10.1. The molecular weight excluding hydrogens is 469 g/mol. The van der Waals surface area contributed by atoms with Crippen LogP contribution in [0.2, 0.25) is 5.02 Å². The second kappa shape index (κ2) is 9.72. The molecule has 0 saturated carbocycles. The predicted molar refractivity (Wildman–Crippen MR) is 126 cm³/mol. The van der Waals surface area contributed by atoms with E-state index in [2.05, 4.69) is 20.4 Å². The Labute approximate surface area is 199 Å². The van der Waals surface area contributed by atoms with Crippen LogP contribution in [0.4, 0.5) is 18.9 Å². The third-order valence-corrected chi connectivity index (χ3v) is 5.57. The van der Waals surface area contributed by atoms with E-state index in [1.807, 2.05) is 52.0 Å². The minimum absolute atomic E-state index is 0.224. The number of benzene rings is 2. The van der Waals surface area contributed by atoms with Crippen molar-refractivity contribution in [2.75, 3.05) is 5.32 Å². The van der Waals surface area contributed by atoms with Crippen LogP contribution in [0.1, 0.15) is 33.6 Å². The molecule has 178 valence electrons. The summed E-state index contributed by atoms with van der Waals surface area (Å²) in [5.41, 5.74) is 6.58. The van der Waals surface area contributed by atoms with E-state index in [1.165, 1.54) is 6.21 Å². The molecule has 0 aliphatic heterocycles. The van der Waals surface area contributed by atoms with E-state index in [-0.39, 0.29) is 5.69 Å². The van der Waals surface area contributed by atoms with Gasteiger partial charge in [-0.2, -0.15) is 18.3 Å². The summed E-state index contributed by atoms with van der Waals surface area (Å²) in [5.74, 6) is -2.31. The van der Waals surface area contributed by atoms with Gasteiger partial charge in [0.1, 0.15) is 0 Å². The van der Waals surface area contributed by atoms with Crippen molar-refractivity contribution in [1.29, 1.82) is 0 Å². The molecule has 3 aromatic rings. The molecule has 1 aromatic heterocycles. The molecule has 1 heterocycles. The van der Waals surface area contributed by atoms with Gasteiger partial charge in [0.2, 0.25) is 0 Å². The van der Waals surface area contributed by atoms with Crippen molar-refractivity contribution in [3.05, 3.63) is 81.1 Å². The maximum atomic E-state index is 13.0. The van der Waals surface area contributed by atoms with E-state index in [0.29, 0.717) is 6.07 Å². The van der Waals surface area contributed by atoms with Gasteiger partial charge in [-0.05, 0) is 63.1 Å². The maximum absolute atomic E-state index is 13.0. The van der Waals surface area contributed by atoms with Crippen molar-refractivity contribution in [3.8, 4) is 5.69 Å². The highest BCUT2D eigenvalue weighted by molar-refractivity contribution is 6.39. The van der Waals surface area contributed by atoms with Crippen molar-refractivity contribution in [2.24, 2.45) is 5.10 Å². The summed E-state index contributed by atoms with van der Waals surface area (Å²) in [6, 6.07) is 10.7. The average Bonchev–Trinajstić information content (AvgIpc) is 3.02. The van der Waals surface area contributed by atoms with Crippen molar-refractivity contribution >= 4 is 35.3 Å². The first-order valence-electron chi connectivity index (χ1n) is 10.2. The zero-order chi connectivity index (χ0) is 25.2. The molecule has 0 saturated heterocycles. The van der Waals surface area contributed by atoms with Crippen LogP contribution in [0.15, 0.2) is 47.6 Å². The van der Waals surface area contributed by atoms with Gasteiger partial charge < -0.3 is 9.88 Å². The number of hydrogen-bond donors (Lipinski definition) is 2. The topological polar surface area (TPSA) is 75.5 Å². The summed E-state index contributed by atoms with van der Waals surface area (Å²) >= 11 is 5.56. The number of nitrogens with zero attached hydrogens (tertiary/aromatic N) is 2. The van der Waals surface area contributed by atoms with Gasteiger partial charge in [-0.1, -0.05) is 29.8 Å². The van der Waals surface area contributed by atoms with Crippen molar-refractivity contribution in [2.45, 2.75) is 33.9 Å². The Balaban J connectivity index is 1.72. The molecule has 0 radical (unpaired) electrons. The highest BCUT2D eigenvalue weighted by Gasteiger charge is 2.33. The molecule has 6 nitrogen and oxygen atoms in total. The molecule has 2 N–H and O–H groups in total. The van der Waals surface area contributed by atoms with Crippen LogP contribution in [0.5, 0.6) is 0 Å². The number of halogens is 4. The van der Waals surface area contributed by atoms with Crippen LogP contribution >= 0.6 is 11.6 Å². The van der Waals surface area contributed by atoms with E-state index in [0.717, 1.165) is 45.9 Å². The van der Waals surface area contributed by atoms with Crippen LogP contribution in [-0.2, 0) is 15.8 Å². The molecule has 2 amide bonds. The number of anilines is 1. The van der Waals surface area contributed by atoms with Gasteiger partial charge in [0, 0.05) is 22.6 Å². The zero-order valence-corrected chi connectivity index (χ0v) is 19.6. The first-order chi connectivity index (χ1) is 15.9. The lowest BCUT2D eigenvalue weighted by Crippen LogP contribution is -2.32. The number of aromatic nitrogens is 1. The third kappa shape index (κ3) is 5.31. The molecule has 0 bridgehead atoms. The average molecular weight is 491 g/mol. The molecule has 0 aliphatic rings. The standard InChI is InChI=1S/C24H22ClF3N4O2/c1-13-6-5-7-14(2)21(13)32-15(3)10-17(16(32)4)12-29-31-23(34)22(33)30-18-8-9-20(25)19(11-18)24(26,27)28/h5-12H,1-4H3,(H,30,33)(H,31,34)/b29-12-. The largest absolute Gasteiger partial charge is 0.417 e. The molecule has 0 atom stereocenters. The number of rotatable bonds is 4. The minimum atomic E-state index is -4.70. The minimum Gasteiger partial charge on any atom is -0.318 e. The summed E-state index contributed by atoms with van der Waals surface area (Å²) in [5, 5.41) is 5.41. The van der Waals surface area contributed by atoms with Crippen LogP contribution in [0.25, 0.3) is 5.69 Å². The monoisotopic (exact) mass is 490 g/mol. The maximum Gasteiger partial charge on any atom is 0.417 e. The van der Waals surface area contributed by atoms with Gasteiger partial charge in [-0.3, -0.25) is 9.59 Å². The van der Waals surface area contributed by atoms with E-state index in [9.17, 15) is 22.8 Å². The van der Waals surface area contributed by atoms with Crippen LogP contribution < -0.4 is 10.7 Å². The molecule has 0 fully saturated rings. The Morgan fingerprint density at radius 2 is 1.65 bits per heavy atom. The number of nitrogens with one attached hydrogen (secondary N) is 2. The van der Waals surface area contributed by atoms with Gasteiger partial charge in [0.25, 0.3) is 0 Å². The fourth-order valence-electron chi connectivity index (χ4n) is 3.64. The highest BCUT2D eigenvalue weighted by Crippen LogP contribution is 2.36. The Morgan fingerprint density at radius 3 is 2.26 bits per heavy atom. The second-order valence-electron chi connectivity index (χ2n) is 7.75. The number of aryl methyl sites for hydroxylation is 3. The highest BCUT2D eigenvalue weighted by atomic mass is 35.5. The summed E-state index contributed by atoms with van der Waals surface area (Å²) in [7, 11) is 0. The first-order valence-corrected chi connectivity index (χ1v) is 10.5. The van der Waals surface area contributed by atoms with Crippen molar-refractivity contribution < 1.29 is 22.8 Å². The Kier molecular flexibility index (Phi) is 7.16. The molecular formula is C24H22ClF3N4O2.